The molecule has 7 nitrogen and oxygen atoms in total. The minimum absolute atomic E-state index is 0.0546. The molecule has 0 radical (unpaired) electrons. The van der Waals surface area contributed by atoms with Crippen LogP contribution in [0.15, 0.2) is 46.5 Å². The van der Waals surface area contributed by atoms with E-state index in [0.29, 0.717) is 17.0 Å². The Kier molecular flexibility index (Phi) is 6.14. The van der Waals surface area contributed by atoms with Crippen LogP contribution in [0.4, 0.5) is 0 Å². The van der Waals surface area contributed by atoms with Gasteiger partial charge in [0.1, 0.15) is 16.8 Å². The van der Waals surface area contributed by atoms with Crippen LogP contribution in [0.2, 0.25) is 0 Å². The molecule has 0 aliphatic heterocycles. The maximum absolute atomic E-state index is 11.9. The average Bonchev–Trinajstić information content (AvgIpc) is 3.36. The van der Waals surface area contributed by atoms with Crippen LogP contribution in [0.3, 0.4) is 0 Å². The summed E-state index contributed by atoms with van der Waals surface area (Å²) in [6, 6.07) is 10.5. The average molecular weight is 398 g/mol. The number of hydrogen-bond acceptors (Lipinski definition) is 7. The summed E-state index contributed by atoms with van der Waals surface area (Å²) < 4.78 is 5.29. The Morgan fingerprint density at radius 1 is 1.15 bits per heavy atom. The zero-order chi connectivity index (χ0) is 19.1. The summed E-state index contributed by atoms with van der Waals surface area (Å²) >= 11 is 3.05. The summed E-state index contributed by atoms with van der Waals surface area (Å²) in [5.41, 5.74) is 6.59. The third-order valence-electron chi connectivity index (χ3n) is 3.37. The molecule has 0 fully saturated rings. The van der Waals surface area contributed by atoms with E-state index in [9.17, 15) is 9.59 Å². The van der Waals surface area contributed by atoms with Crippen molar-refractivity contribution in [3.05, 3.63) is 57.7 Å². The van der Waals surface area contributed by atoms with Gasteiger partial charge in [-0.2, -0.15) is 16.6 Å². The van der Waals surface area contributed by atoms with Gasteiger partial charge >= 0.3 is 0 Å². The van der Waals surface area contributed by atoms with Gasteiger partial charge in [0, 0.05) is 16.3 Å². The van der Waals surface area contributed by atoms with E-state index in [1.165, 1.54) is 11.3 Å². The molecule has 2 amide bonds. The molecule has 0 spiro atoms. The van der Waals surface area contributed by atoms with Crippen molar-refractivity contribution in [1.82, 2.24) is 15.8 Å². The number of carbonyl (C=O) groups is 2. The van der Waals surface area contributed by atoms with Gasteiger partial charge in [-0.1, -0.05) is 12.1 Å². The monoisotopic (exact) mass is 398 g/mol. The fourth-order valence-electron chi connectivity index (χ4n) is 2.12. The maximum atomic E-state index is 11.9. The SMILES string of the molecule is N#Cc1ccccc1OCC(=O)NNC(=O)Cc1csc(-c2ccsc2)n1. The van der Waals surface area contributed by atoms with Crippen LogP contribution in [0, 0.1) is 11.3 Å². The predicted octanol–water partition coefficient (Wildman–Crippen LogP) is 2.51. The van der Waals surface area contributed by atoms with Crippen molar-refractivity contribution < 1.29 is 14.3 Å². The van der Waals surface area contributed by atoms with Gasteiger partial charge in [-0.3, -0.25) is 20.4 Å². The number of nitriles is 1. The van der Waals surface area contributed by atoms with Crippen molar-refractivity contribution in [2.24, 2.45) is 0 Å². The largest absolute Gasteiger partial charge is 0.482 e. The minimum atomic E-state index is -0.534. The molecule has 2 aromatic heterocycles. The molecule has 3 rings (SSSR count). The van der Waals surface area contributed by atoms with Crippen molar-refractivity contribution in [3.63, 3.8) is 0 Å². The quantitative estimate of drug-likeness (QED) is 0.621. The first-order valence-corrected chi connectivity index (χ1v) is 9.64. The standard InChI is InChI=1S/C18H14N4O3S2/c19-8-12-3-1-2-4-15(12)25-9-17(24)22-21-16(23)7-14-11-27-18(20-14)13-5-6-26-10-13/h1-6,10-11H,7,9H2,(H,21,23)(H,22,24). The number of para-hydroxylation sites is 1. The number of amides is 2. The Bertz CT molecular complexity index is 977. The Labute approximate surface area is 163 Å². The Hall–Kier alpha value is -3.22. The number of ether oxygens (including phenoxy) is 1. The lowest BCUT2D eigenvalue weighted by Gasteiger charge is -2.09. The fraction of sp³-hybridized carbons (Fsp3) is 0.111. The molecule has 2 N–H and O–H groups in total. The molecule has 0 saturated heterocycles. The number of hydrogen-bond donors (Lipinski definition) is 2. The van der Waals surface area contributed by atoms with E-state index in [-0.39, 0.29) is 18.9 Å². The van der Waals surface area contributed by atoms with Crippen LogP contribution in [0.25, 0.3) is 10.6 Å². The lowest BCUT2D eigenvalue weighted by atomic mass is 10.2. The first-order chi connectivity index (χ1) is 13.2. The highest BCUT2D eigenvalue weighted by Crippen LogP contribution is 2.25. The van der Waals surface area contributed by atoms with Gasteiger partial charge in [0.05, 0.1) is 17.7 Å². The third kappa shape index (κ3) is 5.13. The number of thiazole rings is 1. The normalized spacial score (nSPS) is 10.0. The van der Waals surface area contributed by atoms with Crippen LogP contribution in [0.1, 0.15) is 11.3 Å². The Balaban J connectivity index is 1.44. The first-order valence-electron chi connectivity index (χ1n) is 7.82. The molecular weight excluding hydrogens is 384 g/mol. The Morgan fingerprint density at radius 3 is 2.74 bits per heavy atom. The number of nitrogens with one attached hydrogen (secondary N) is 2. The van der Waals surface area contributed by atoms with Gasteiger partial charge < -0.3 is 4.74 Å². The zero-order valence-corrected chi connectivity index (χ0v) is 15.6. The molecule has 0 bridgehead atoms. The zero-order valence-electron chi connectivity index (χ0n) is 14.0. The van der Waals surface area contributed by atoms with Crippen molar-refractivity contribution in [2.45, 2.75) is 6.42 Å². The molecule has 2 heterocycles. The molecule has 1 aromatic carbocycles. The number of benzene rings is 1. The van der Waals surface area contributed by atoms with Crippen LogP contribution in [0.5, 0.6) is 5.75 Å². The number of hydrazine groups is 1. The molecule has 27 heavy (non-hydrogen) atoms. The van der Waals surface area contributed by atoms with Crippen molar-refractivity contribution in [3.8, 4) is 22.4 Å². The van der Waals surface area contributed by atoms with Crippen molar-refractivity contribution in [2.75, 3.05) is 6.61 Å². The van der Waals surface area contributed by atoms with Gasteiger partial charge in [-0.05, 0) is 23.6 Å². The molecule has 0 unspecified atom stereocenters. The second-order valence-corrected chi connectivity index (χ2v) is 6.96. The van der Waals surface area contributed by atoms with E-state index < -0.39 is 5.91 Å². The summed E-state index contributed by atoms with van der Waals surface area (Å²) in [4.78, 5) is 28.1. The summed E-state index contributed by atoms with van der Waals surface area (Å²) in [5.74, 6) is -0.610. The molecular formula is C18H14N4O3S2. The summed E-state index contributed by atoms with van der Waals surface area (Å²) in [6.07, 6.45) is 0.0546. The van der Waals surface area contributed by atoms with E-state index in [1.807, 2.05) is 28.3 Å². The summed E-state index contributed by atoms with van der Waals surface area (Å²) in [7, 11) is 0. The summed E-state index contributed by atoms with van der Waals surface area (Å²) in [5, 5.41) is 15.6. The van der Waals surface area contributed by atoms with Crippen molar-refractivity contribution >= 4 is 34.5 Å². The van der Waals surface area contributed by atoms with Crippen LogP contribution < -0.4 is 15.6 Å². The fourth-order valence-corrected chi connectivity index (χ4v) is 3.65. The van der Waals surface area contributed by atoms with Gasteiger partial charge in [-0.25, -0.2) is 4.98 Å². The second-order valence-electron chi connectivity index (χ2n) is 5.33. The number of thiophene rings is 1. The van der Waals surface area contributed by atoms with Gasteiger partial charge in [0.2, 0.25) is 5.91 Å². The van der Waals surface area contributed by atoms with Crippen LogP contribution in [-0.4, -0.2) is 23.4 Å². The minimum Gasteiger partial charge on any atom is -0.482 e. The van der Waals surface area contributed by atoms with Gasteiger partial charge in [-0.15, -0.1) is 11.3 Å². The van der Waals surface area contributed by atoms with Crippen molar-refractivity contribution in [1.29, 1.82) is 5.26 Å². The molecule has 0 aliphatic rings. The topological polar surface area (TPSA) is 104 Å². The van der Waals surface area contributed by atoms with Crippen LogP contribution in [-0.2, 0) is 16.0 Å². The maximum Gasteiger partial charge on any atom is 0.276 e. The highest BCUT2D eigenvalue weighted by molar-refractivity contribution is 7.14. The number of rotatable bonds is 6. The highest BCUT2D eigenvalue weighted by atomic mass is 32.1. The third-order valence-corrected chi connectivity index (χ3v) is 4.99. The number of carbonyl (C=O) groups excluding carboxylic acids is 2. The lowest BCUT2D eigenvalue weighted by molar-refractivity contribution is -0.129. The number of aromatic nitrogens is 1. The van der Waals surface area contributed by atoms with E-state index >= 15 is 0 Å². The smallest absolute Gasteiger partial charge is 0.276 e. The van der Waals surface area contributed by atoms with E-state index in [1.54, 1.807) is 35.6 Å². The van der Waals surface area contributed by atoms with Crippen LogP contribution >= 0.6 is 22.7 Å². The molecule has 3 aromatic rings. The molecule has 9 heteroatoms. The molecule has 0 saturated carbocycles. The van der Waals surface area contributed by atoms with E-state index in [0.717, 1.165) is 10.6 Å². The molecule has 0 aliphatic carbocycles. The molecule has 136 valence electrons. The Morgan fingerprint density at radius 2 is 1.96 bits per heavy atom. The summed E-state index contributed by atoms with van der Waals surface area (Å²) in [6.45, 7) is -0.321. The van der Waals surface area contributed by atoms with Gasteiger partial charge in [0.15, 0.2) is 6.61 Å². The van der Waals surface area contributed by atoms with E-state index in [4.69, 9.17) is 10.00 Å². The number of nitrogens with zero attached hydrogens (tertiary/aromatic N) is 2. The second kappa shape index (κ2) is 8.93. The lowest BCUT2D eigenvalue weighted by Crippen LogP contribution is -2.44. The highest BCUT2D eigenvalue weighted by Gasteiger charge is 2.11. The van der Waals surface area contributed by atoms with E-state index in [2.05, 4.69) is 15.8 Å². The predicted molar refractivity (Wildman–Crippen MR) is 102 cm³/mol. The first kappa shape index (κ1) is 18.6. The van der Waals surface area contributed by atoms with Gasteiger partial charge in [0.25, 0.3) is 5.91 Å². The molecule has 0 atom stereocenters.